The zero-order valence-electron chi connectivity index (χ0n) is 14.7. The summed E-state index contributed by atoms with van der Waals surface area (Å²) < 4.78 is 0. The van der Waals surface area contributed by atoms with Crippen molar-refractivity contribution in [3.63, 3.8) is 0 Å². The zero-order chi connectivity index (χ0) is 18.6. The maximum Gasteiger partial charge on any atom is 0.267 e. The minimum Gasteiger partial charge on any atom is -0.360 e. The van der Waals surface area contributed by atoms with Crippen LogP contribution in [-0.4, -0.2) is 5.91 Å². The third-order valence-electron chi connectivity index (χ3n) is 3.92. The van der Waals surface area contributed by atoms with E-state index in [1.165, 1.54) is 11.8 Å². The molecule has 0 bridgehead atoms. The fourth-order valence-electron chi connectivity index (χ4n) is 2.63. The number of anilines is 2. The molecule has 4 nitrogen and oxygen atoms in total. The molecular formula is C20H20ClN3O. The van der Waals surface area contributed by atoms with E-state index in [1.807, 2.05) is 45.9 Å². The van der Waals surface area contributed by atoms with Crippen LogP contribution in [0.3, 0.4) is 0 Å². The molecule has 2 N–H and O–H groups in total. The summed E-state index contributed by atoms with van der Waals surface area (Å²) >= 11 is 6.06. The molecule has 0 unspecified atom stereocenters. The van der Waals surface area contributed by atoms with Crippen LogP contribution in [0.5, 0.6) is 0 Å². The molecule has 0 spiro atoms. The molecule has 0 heterocycles. The molecule has 0 radical (unpaired) electrons. The Hall–Kier alpha value is -2.77. The average molecular weight is 354 g/mol. The molecule has 5 heteroatoms. The Bertz CT molecular complexity index is 871. The molecule has 0 aliphatic rings. The SMILES string of the molecule is Cc1cc(C)c(N/C=C(/C#N)C(=O)Nc2cccc(Cl)c2C)c(C)c1. The second-order valence-corrected chi connectivity index (χ2v) is 6.36. The summed E-state index contributed by atoms with van der Waals surface area (Å²) in [5.41, 5.74) is 5.49. The van der Waals surface area contributed by atoms with Gasteiger partial charge < -0.3 is 10.6 Å². The number of nitrogens with zero attached hydrogens (tertiary/aromatic N) is 1. The molecule has 2 aromatic rings. The molecule has 2 rings (SSSR count). The highest BCUT2D eigenvalue weighted by Crippen LogP contribution is 2.24. The van der Waals surface area contributed by atoms with Crippen LogP contribution in [0.25, 0.3) is 0 Å². The number of nitriles is 1. The highest BCUT2D eigenvalue weighted by atomic mass is 35.5. The van der Waals surface area contributed by atoms with Gasteiger partial charge in [-0.15, -0.1) is 0 Å². The molecule has 1 amide bonds. The van der Waals surface area contributed by atoms with Gasteiger partial charge in [-0.1, -0.05) is 35.4 Å². The molecule has 0 fully saturated rings. The van der Waals surface area contributed by atoms with Crippen molar-refractivity contribution >= 4 is 28.9 Å². The molecule has 2 aromatic carbocycles. The lowest BCUT2D eigenvalue weighted by atomic mass is 10.1. The first-order chi connectivity index (χ1) is 11.8. The smallest absolute Gasteiger partial charge is 0.267 e. The first-order valence-corrected chi connectivity index (χ1v) is 8.22. The Morgan fingerprint density at radius 2 is 1.80 bits per heavy atom. The monoisotopic (exact) mass is 353 g/mol. The number of hydrogen-bond donors (Lipinski definition) is 2. The van der Waals surface area contributed by atoms with Gasteiger partial charge >= 0.3 is 0 Å². The standard InChI is InChI=1S/C20H20ClN3O/c1-12-8-13(2)19(14(3)9-12)23-11-16(10-22)20(25)24-18-7-5-6-17(21)15(18)4/h5-9,11,23H,1-4H3,(H,24,25)/b16-11-. The molecule has 0 atom stereocenters. The van der Waals surface area contributed by atoms with Crippen LogP contribution in [0.1, 0.15) is 22.3 Å². The van der Waals surface area contributed by atoms with E-state index in [9.17, 15) is 10.1 Å². The van der Waals surface area contributed by atoms with Gasteiger partial charge in [0, 0.05) is 22.6 Å². The van der Waals surface area contributed by atoms with Crippen molar-refractivity contribution in [1.82, 2.24) is 0 Å². The first-order valence-electron chi connectivity index (χ1n) is 7.84. The Labute approximate surface area is 153 Å². The number of nitrogens with one attached hydrogen (secondary N) is 2. The van der Waals surface area contributed by atoms with Crippen LogP contribution >= 0.6 is 11.6 Å². The predicted molar refractivity (Wildman–Crippen MR) is 103 cm³/mol. The summed E-state index contributed by atoms with van der Waals surface area (Å²) in [5.74, 6) is -0.484. The van der Waals surface area contributed by atoms with Crippen molar-refractivity contribution in [3.05, 3.63) is 69.4 Å². The summed E-state index contributed by atoms with van der Waals surface area (Å²) in [5, 5.41) is 15.7. The van der Waals surface area contributed by atoms with Crippen LogP contribution in [0.4, 0.5) is 11.4 Å². The average Bonchev–Trinajstić information content (AvgIpc) is 2.54. The van der Waals surface area contributed by atoms with E-state index in [4.69, 9.17) is 11.6 Å². The van der Waals surface area contributed by atoms with Gasteiger partial charge in [0.15, 0.2) is 0 Å². The van der Waals surface area contributed by atoms with Gasteiger partial charge in [-0.25, -0.2) is 0 Å². The minimum atomic E-state index is -0.484. The largest absolute Gasteiger partial charge is 0.360 e. The van der Waals surface area contributed by atoms with Gasteiger partial charge in [-0.2, -0.15) is 5.26 Å². The molecule has 25 heavy (non-hydrogen) atoms. The second kappa shape index (κ2) is 7.87. The van der Waals surface area contributed by atoms with E-state index in [1.54, 1.807) is 18.2 Å². The van der Waals surface area contributed by atoms with Crippen molar-refractivity contribution < 1.29 is 4.79 Å². The summed E-state index contributed by atoms with van der Waals surface area (Å²) in [6.45, 7) is 7.81. The minimum absolute atomic E-state index is 0.0150. The summed E-state index contributed by atoms with van der Waals surface area (Å²) in [7, 11) is 0. The fourth-order valence-corrected chi connectivity index (χ4v) is 2.81. The topological polar surface area (TPSA) is 64.9 Å². The Morgan fingerprint density at radius 3 is 2.40 bits per heavy atom. The summed E-state index contributed by atoms with van der Waals surface area (Å²) in [6.07, 6.45) is 1.43. The van der Waals surface area contributed by atoms with Crippen molar-refractivity contribution in [2.24, 2.45) is 0 Å². The van der Waals surface area contributed by atoms with Crippen LogP contribution in [-0.2, 0) is 4.79 Å². The predicted octanol–water partition coefficient (Wildman–Crippen LogP) is 5.03. The van der Waals surface area contributed by atoms with Crippen molar-refractivity contribution in [2.45, 2.75) is 27.7 Å². The lowest BCUT2D eigenvalue weighted by molar-refractivity contribution is -0.112. The van der Waals surface area contributed by atoms with Gasteiger partial charge in [-0.3, -0.25) is 4.79 Å². The summed E-state index contributed by atoms with van der Waals surface area (Å²) in [6, 6.07) is 11.3. The molecular weight excluding hydrogens is 334 g/mol. The molecule has 0 saturated carbocycles. The number of amides is 1. The molecule has 0 saturated heterocycles. The number of aryl methyl sites for hydroxylation is 3. The van der Waals surface area contributed by atoms with E-state index in [-0.39, 0.29) is 5.57 Å². The first kappa shape index (κ1) is 18.6. The lowest BCUT2D eigenvalue weighted by Crippen LogP contribution is -2.15. The zero-order valence-corrected chi connectivity index (χ0v) is 15.5. The number of carbonyl (C=O) groups excluding carboxylic acids is 1. The molecule has 0 aliphatic carbocycles. The Kier molecular flexibility index (Phi) is 5.84. The van der Waals surface area contributed by atoms with Crippen molar-refractivity contribution in [3.8, 4) is 6.07 Å². The van der Waals surface area contributed by atoms with Gasteiger partial charge in [0.05, 0.1) is 0 Å². The maximum atomic E-state index is 12.4. The quantitative estimate of drug-likeness (QED) is 0.598. The Morgan fingerprint density at radius 1 is 1.16 bits per heavy atom. The number of benzene rings is 2. The van der Waals surface area contributed by atoms with Gasteiger partial charge in [0.2, 0.25) is 0 Å². The number of carbonyl (C=O) groups is 1. The number of hydrogen-bond acceptors (Lipinski definition) is 3. The lowest BCUT2D eigenvalue weighted by Gasteiger charge is -2.12. The van der Waals surface area contributed by atoms with Gasteiger partial charge in [0.25, 0.3) is 5.91 Å². The highest BCUT2D eigenvalue weighted by molar-refractivity contribution is 6.31. The van der Waals surface area contributed by atoms with Crippen LogP contribution < -0.4 is 10.6 Å². The van der Waals surface area contributed by atoms with Gasteiger partial charge in [0.1, 0.15) is 11.6 Å². The van der Waals surface area contributed by atoms with Crippen molar-refractivity contribution in [1.29, 1.82) is 5.26 Å². The van der Waals surface area contributed by atoms with E-state index < -0.39 is 5.91 Å². The van der Waals surface area contributed by atoms with Crippen molar-refractivity contribution in [2.75, 3.05) is 10.6 Å². The highest BCUT2D eigenvalue weighted by Gasteiger charge is 2.12. The third-order valence-corrected chi connectivity index (χ3v) is 4.33. The van der Waals surface area contributed by atoms with Crippen LogP contribution in [0, 0.1) is 39.0 Å². The van der Waals surface area contributed by atoms with Crippen LogP contribution in [0.15, 0.2) is 42.1 Å². The van der Waals surface area contributed by atoms with E-state index >= 15 is 0 Å². The number of rotatable bonds is 4. The summed E-state index contributed by atoms with van der Waals surface area (Å²) in [4.78, 5) is 12.4. The van der Waals surface area contributed by atoms with E-state index in [0.29, 0.717) is 10.7 Å². The van der Waals surface area contributed by atoms with Gasteiger partial charge in [-0.05, 0) is 56.5 Å². The normalized spacial score (nSPS) is 11.0. The van der Waals surface area contributed by atoms with Crippen LogP contribution in [0.2, 0.25) is 5.02 Å². The fraction of sp³-hybridized carbons (Fsp3) is 0.200. The molecule has 0 aromatic heterocycles. The van der Waals surface area contributed by atoms with E-state index in [2.05, 4.69) is 10.6 Å². The molecule has 0 aliphatic heterocycles. The Balaban J connectivity index is 2.22. The molecule has 128 valence electrons. The maximum absolute atomic E-state index is 12.4. The second-order valence-electron chi connectivity index (χ2n) is 5.95. The third kappa shape index (κ3) is 4.40. The number of halogens is 1. The van der Waals surface area contributed by atoms with E-state index in [0.717, 1.165) is 22.4 Å².